The number of nitrogens with one attached hydrogen (secondary N) is 1. The average molecular weight is 332 g/mol. The molecule has 1 amide bonds. The second kappa shape index (κ2) is 8.82. The topological polar surface area (TPSA) is 41.6 Å². The highest BCUT2D eigenvalue weighted by atomic mass is 32.1. The van der Waals surface area contributed by atoms with Crippen molar-refractivity contribution >= 4 is 17.2 Å². The van der Waals surface area contributed by atoms with Crippen molar-refractivity contribution in [3.63, 3.8) is 0 Å². The number of nitrogens with zero attached hydrogens (tertiary/aromatic N) is 1. The van der Waals surface area contributed by atoms with E-state index in [-0.39, 0.29) is 11.9 Å². The van der Waals surface area contributed by atoms with Gasteiger partial charge in [0.15, 0.2) is 0 Å². The molecule has 2 aromatic rings. The van der Waals surface area contributed by atoms with Crippen molar-refractivity contribution in [3.05, 3.63) is 58.3 Å². The largest absolute Gasteiger partial charge is 0.364 e. The maximum atomic E-state index is 12.2. The van der Waals surface area contributed by atoms with Gasteiger partial charge >= 0.3 is 0 Å². The Morgan fingerprint density at radius 1 is 1.26 bits per heavy atom. The van der Waals surface area contributed by atoms with E-state index in [2.05, 4.69) is 27.0 Å². The Morgan fingerprint density at radius 3 is 2.61 bits per heavy atom. The number of thiophene rings is 1. The molecule has 0 aliphatic rings. The van der Waals surface area contributed by atoms with Crippen molar-refractivity contribution in [1.82, 2.24) is 10.2 Å². The molecule has 2 unspecified atom stereocenters. The van der Waals surface area contributed by atoms with Gasteiger partial charge in [-0.2, -0.15) is 11.3 Å². The van der Waals surface area contributed by atoms with E-state index < -0.39 is 6.10 Å². The van der Waals surface area contributed by atoms with E-state index in [0.29, 0.717) is 13.2 Å². The number of hydrogen-bond donors (Lipinski definition) is 1. The molecule has 4 nitrogen and oxygen atoms in total. The molecule has 0 bridgehead atoms. The van der Waals surface area contributed by atoms with Crippen LogP contribution in [0.25, 0.3) is 0 Å². The molecule has 23 heavy (non-hydrogen) atoms. The van der Waals surface area contributed by atoms with Crippen LogP contribution < -0.4 is 5.32 Å². The number of amides is 1. The zero-order chi connectivity index (χ0) is 16.7. The third-order valence-electron chi connectivity index (χ3n) is 3.73. The fourth-order valence-electron chi connectivity index (χ4n) is 2.28. The van der Waals surface area contributed by atoms with Crippen LogP contribution in [0.4, 0.5) is 0 Å². The summed E-state index contributed by atoms with van der Waals surface area (Å²) in [5, 5.41) is 7.16. The second-order valence-corrected chi connectivity index (χ2v) is 6.50. The standard InChI is InChI=1S/C18H24N2O2S/c1-14(22-12-15-7-5-4-6-8-15)18(21)19-11-17(20(2)3)16-9-10-23-13-16/h4-10,13-14,17H,11-12H2,1-3H3,(H,19,21). The summed E-state index contributed by atoms with van der Waals surface area (Å²) in [5.74, 6) is -0.0805. The summed E-state index contributed by atoms with van der Waals surface area (Å²) >= 11 is 1.67. The number of ether oxygens (including phenoxy) is 1. The van der Waals surface area contributed by atoms with Gasteiger partial charge in [0.05, 0.1) is 12.6 Å². The van der Waals surface area contributed by atoms with Gasteiger partial charge in [0.25, 0.3) is 0 Å². The first kappa shape index (κ1) is 17.7. The van der Waals surface area contributed by atoms with Gasteiger partial charge < -0.3 is 15.0 Å². The van der Waals surface area contributed by atoms with Crippen LogP contribution in [-0.2, 0) is 16.1 Å². The summed E-state index contributed by atoms with van der Waals surface area (Å²) < 4.78 is 5.65. The van der Waals surface area contributed by atoms with Gasteiger partial charge in [-0.05, 0) is 49.0 Å². The molecule has 0 fully saturated rings. The third-order valence-corrected chi connectivity index (χ3v) is 4.43. The van der Waals surface area contributed by atoms with Crippen LogP contribution in [0.1, 0.15) is 24.1 Å². The summed E-state index contributed by atoms with van der Waals surface area (Å²) in [6.07, 6.45) is -0.472. The molecule has 124 valence electrons. The van der Waals surface area contributed by atoms with Crippen LogP contribution in [0.15, 0.2) is 47.2 Å². The molecule has 0 radical (unpaired) electrons. The lowest BCUT2D eigenvalue weighted by atomic mass is 10.1. The zero-order valence-electron chi connectivity index (χ0n) is 13.9. The minimum Gasteiger partial charge on any atom is -0.364 e. The molecule has 2 atom stereocenters. The van der Waals surface area contributed by atoms with Crippen molar-refractivity contribution in [2.45, 2.75) is 25.7 Å². The van der Waals surface area contributed by atoms with Gasteiger partial charge in [0.1, 0.15) is 6.10 Å². The molecule has 1 heterocycles. The van der Waals surface area contributed by atoms with Gasteiger partial charge in [-0.3, -0.25) is 4.79 Å². The molecule has 1 N–H and O–H groups in total. The quantitative estimate of drug-likeness (QED) is 0.808. The normalized spacial score (nSPS) is 13.7. The molecule has 5 heteroatoms. The Bertz CT molecular complexity index is 584. The molecule has 0 aliphatic heterocycles. The van der Waals surface area contributed by atoms with Gasteiger partial charge in [-0.25, -0.2) is 0 Å². The van der Waals surface area contributed by atoms with E-state index in [4.69, 9.17) is 4.74 Å². The van der Waals surface area contributed by atoms with Crippen molar-refractivity contribution in [2.24, 2.45) is 0 Å². The lowest BCUT2D eigenvalue weighted by Gasteiger charge is -2.24. The molecule has 1 aromatic carbocycles. The maximum Gasteiger partial charge on any atom is 0.248 e. The highest BCUT2D eigenvalue weighted by Crippen LogP contribution is 2.20. The van der Waals surface area contributed by atoms with Crippen LogP contribution >= 0.6 is 11.3 Å². The summed E-state index contributed by atoms with van der Waals surface area (Å²) in [6.45, 7) is 2.80. The van der Waals surface area contributed by atoms with Gasteiger partial charge in [-0.1, -0.05) is 30.3 Å². The van der Waals surface area contributed by atoms with Crippen LogP contribution in [0.3, 0.4) is 0 Å². The van der Waals surface area contributed by atoms with E-state index in [9.17, 15) is 4.79 Å². The maximum absolute atomic E-state index is 12.2. The van der Waals surface area contributed by atoms with Crippen molar-refractivity contribution in [3.8, 4) is 0 Å². The van der Waals surface area contributed by atoms with E-state index in [1.807, 2.05) is 44.4 Å². The summed E-state index contributed by atoms with van der Waals surface area (Å²) in [5.41, 5.74) is 2.29. The minimum atomic E-state index is -0.472. The molecular formula is C18H24N2O2S. The van der Waals surface area contributed by atoms with Gasteiger partial charge in [-0.15, -0.1) is 0 Å². The Balaban J connectivity index is 1.81. The molecule has 0 spiro atoms. The van der Waals surface area contributed by atoms with Gasteiger partial charge in [0, 0.05) is 6.54 Å². The van der Waals surface area contributed by atoms with Crippen molar-refractivity contribution in [1.29, 1.82) is 0 Å². The molecule has 2 rings (SSSR count). The van der Waals surface area contributed by atoms with E-state index in [0.717, 1.165) is 5.56 Å². The summed E-state index contributed by atoms with van der Waals surface area (Å²) in [4.78, 5) is 14.3. The smallest absolute Gasteiger partial charge is 0.248 e. The SMILES string of the molecule is CC(OCc1ccccc1)C(=O)NCC(c1ccsc1)N(C)C. The lowest BCUT2D eigenvalue weighted by molar-refractivity contribution is -0.132. The number of rotatable bonds is 8. The summed E-state index contributed by atoms with van der Waals surface area (Å²) in [6, 6.07) is 12.1. The van der Waals surface area contributed by atoms with Crippen LogP contribution in [-0.4, -0.2) is 37.6 Å². The Labute approximate surface area is 142 Å². The predicted molar refractivity (Wildman–Crippen MR) is 94.4 cm³/mol. The highest BCUT2D eigenvalue weighted by molar-refractivity contribution is 7.07. The molecule has 0 saturated carbocycles. The van der Waals surface area contributed by atoms with E-state index in [1.165, 1.54) is 5.56 Å². The number of benzene rings is 1. The first-order valence-corrected chi connectivity index (χ1v) is 8.64. The molecule has 0 saturated heterocycles. The molecule has 1 aromatic heterocycles. The first-order valence-electron chi connectivity index (χ1n) is 7.69. The fraction of sp³-hybridized carbons (Fsp3) is 0.389. The highest BCUT2D eigenvalue weighted by Gasteiger charge is 2.18. The second-order valence-electron chi connectivity index (χ2n) is 5.72. The number of likely N-dealkylation sites (N-methyl/N-ethyl adjacent to an activating group) is 1. The minimum absolute atomic E-state index is 0.0805. The van der Waals surface area contributed by atoms with E-state index in [1.54, 1.807) is 18.3 Å². The van der Waals surface area contributed by atoms with Crippen LogP contribution in [0.5, 0.6) is 0 Å². The number of carbonyl (C=O) groups excluding carboxylic acids is 1. The Kier molecular flexibility index (Phi) is 6.77. The van der Waals surface area contributed by atoms with Crippen LogP contribution in [0.2, 0.25) is 0 Å². The third kappa shape index (κ3) is 5.46. The Hall–Kier alpha value is -1.69. The summed E-state index contributed by atoms with van der Waals surface area (Å²) in [7, 11) is 4.04. The zero-order valence-corrected chi connectivity index (χ0v) is 14.7. The van der Waals surface area contributed by atoms with Crippen molar-refractivity contribution < 1.29 is 9.53 Å². The number of carbonyl (C=O) groups is 1. The van der Waals surface area contributed by atoms with Crippen molar-refractivity contribution in [2.75, 3.05) is 20.6 Å². The number of hydrogen-bond acceptors (Lipinski definition) is 4. The van der Waals surface area contributed by atoms with E-state index >= 15 is 0 Å². The van der Waals surface area contributed by atoms with Crippen LogP contribution in [0, 0.1) is 0 Å². The monoisotopic (exact) mass is 332 g/mol. The first-order chi connectivity index (χ1) is 11.1. The average Bonchev–Trinajstić information content (AvgIpc) is 3.07. The molecular weight excluding hydrogens is 308 g/mol. The lowest BCUT2D eigenvalue weighted by Crippen LogP contribution is -2.39. The predicted octanol–water partition coefficient (Wildman–Crippen LogP) is 3.07. The fourth-order valence-corrected chi connectivity index (χ4v) is 2.98. The Morgan fingerprint density at radius 2 is 2.00 bits per heavy atom. The molecule has 0 aliphatic carbocycles. The van der Waals surface area contributed by atoms with Gasteiger partial charge in [0.2, 0.25) is 5.91 Å².